The van der Waals surface area contributed by atoms with E-state index >= 15 is 0 Å². The lowest BCUT2D eigenvalue weighted by Gasteiger charge is -2.02. The van der Waals surface area contributed by atoms with Crippen molar-refractivity contribution >= 4 is 33.0 Å². The molecule has 0 amide bonds. The summed E-state index contributed by atoms with van der Waals surface area (Å²) in [6, 6.07) is 5.60. The molecular formula is C8H5Cl2NO2S. The summed E-state index contributed by atoms with van der Waals surface area (Å²) in [4.78, 5) is -0.0647. The van der Waals surface area contributed by atoms with Gasteiger partial charge < -0.3 is 0 Å². The Morgan fingerprint density at radius 2 is 2.00 bits per heavy atom. The fourth-order valence-electron chi connectivity index (χ4n) is 0.890. The molecule has 0 aliphatic heterocycles. The van der Waals surface area contributed by atoms with E-state index in [-0.39, 0.29) is 9.92 Å². The highest BCUT2D eigenvalue weighted by Crippen LogP contribution is 2.25. The van der Waals surface area contributed by atoms with Gasteiger partial charge >= 0.3 is 0 Å². The Hall–Kier alpha value is -0.760. The van der Waals surface area contributed by atoms with Gasteiger partial charge in [-0.1, -0.05) is 23.2 Å². The lowest BCUT2D eigenvalue weighted by Crippen LogP contribution is -2.05. The summed E-state index contributed by atoms with van der Waals surface area (Å²) in [6.07, 6.45) is 0. The molecule has 0 radical (unpaired) electrons. The quantitative estimate of drug-likeness (QED) is 0.809. The molecule has 1 aromatic rings. The molecule has 0 unspecified atom stereocenters. The second-order valence-corrected chi connectivity index (χ2v) is 5.29. The minimum absolute atomic E-state index is 0.0350. The summed E-state index contributed by atoms with van der Waals surface area (Å²) >= 11 is 11.3. The van der Waals surface area contributed by atoms with Crippen molar-refractivity contribution in [2.75, 3.05) is 5.75 Å². The molecule has 0 bridgehead atoms. The van der Waals surface area contributed by atoms with Gasteiger partial charge in [0.15, 0.2) is 9.84 Å². The Balaban J connectivity index is 3.29. The maximum atomic E-state index is 11.4. The number of rotatable bonds is 2. The lowest BCUT2D eigenvalue weighted by atomic mass is 10.4. The van der Waals surface area contributed by atoms with Crippen LogP contribution in [0.4, 0.5) is 0 Å². The standard InChI is InChI=1S/C8H5Cl2NO2S/c9-6-1-2-8(7(10)5-6)14(12,13)4-3-11/h1-2,5H,4H2. The summed E-state index contributed by atoms with van der Waals surface area (Å²) in [5.74, 6) is -0.589. The van der Waals surface area contributed by atoms with Crippen LogP contribution in [0.3, 0.4) is 0 Å². The van der Waals surface area contributed by atoms with Gasteiger partial charge in [0.05, 0.1) is 16.0 Å². The second-order valence-electron chi connectivity index (χ2n) is 2.49. The molecule has 0 saturated carbocycles. The zero-order valence-corrected chi connectivity index (χ0v) is 9.20. The van der Waals surface area contributed by atoms with Crippen LogP contribution in [-0.4, -0.2) is 14.2 Å². The maximum absolute atomic E-state index is 11.4. The average Bonchev–Trinajstić information content (AvgIpc) is 2.02. The third-order valence-corrected chi connectivity index (χ3v) is 3.68. The largest absolute Gasteiger partial charge is 0.223 e. The number of halogens is 2. The van der Waals surface area contributed by atoms with E-state index in [1.165, 1.54) is 18.2 Å². The molecule has 0 atom stereocenters. The van der Waals surface area contributed by atoms with Crippen LogP contribution in [0.2, 0.25) is 10.0 Å². The Labute approximate surface area is 91.8 Å². The fourth-order valence-corrected chi connectivity index (χ4v) is 2.61. The van der Waals surface area contributed by atoms with E-state index in [0.29, 0.717) is 5.02 Å². The number of nitriles is 1. The van der Waals surface area contributed by atoms with E-state index in [1.807, 2.05) is 0 Å². The molecule has 6 heteroatoms. The smallest absolute Gasteiger partial charge is 0.193 e. The molecule has 0 aromatic heterocycles. The van der Waals surface area contributed by atoms with Crippen LogP contribution >= 0.6 is 23.2 Å². The van der Waals surface area contributed by atoms with E-state index in [0.717, 1.165) is 0 Å². The molecule has 0 aliphatic rings. The van der Waals surface area contributed by atoms with Gasteiger partial charge in [-0.2, -0.15) is 5.26 Å². The molecule has 1 rings (SSSR count). The van der Waals surface area contributed by atoms with Crippen LogP contribution in [-0.2, 0) is 9.84 Å². The number of hydrogen-bond acceptors (Lipinski definition) is 3. The van der Waals surface area contributed by atoms with Gasteiger partial charge in [-0.15, -0.1) is 0 Å². The Morgan fingerprint density at radius 3 is 2.50 bits per heavy atom. The SMILES string of the molecule is N#CCS(=O)(=O)c1ccc(Cl)cc1Cl. The normalized spacial score (nSPS) is 10.9. The molecular weight excluding hydrogens is 245 g/mol. The first-order chi connectivity index (χ1) is 6.47. The third-order valence-electron chi connectivity index (χ3n) is 1.48. The Bertz CT molecular complexity index is 491. The van der Waals surface area contributed by atoms with Crippen molar-refractivity contribution in [3.05, 3.63) is 28.2 Å². The zero-order chi connectivity index (χ0) is 10.8. The molecule has 0 fully saturated rings. The van der Waals surface area contributed by atoms with E-state index in [2.05, 4.69) is 0 Å². The highest BCUT2D eigenvalue weighted by atomic mass is 35.5. The number of nitrogens with zero attached hydrogens (tertiary/aromatic N) is 1. The highest BCUT2D eigenvalue weighted by molar-refractivity contribution is 7.91. The molecule has 0 saturated heterocycles. The van der Waals surface area contributed by atoms with E-state index < -0.39 is 15.6 Å². The first-order valence-electron chi connectivity index (χ1n) is 3.52. The van der Waals surface area contributed by atoms with Crippen LogP contribution < -0.4 is 0 Å². The number of sulfone groups is 1. The summed E-state index contributed by atoms with van der Waals surface area (Å²) in [6.45, 7) is 0. The van der Waals surface area contributed by atoms with E-state index in [4.69, 9.17) is 28.5 Å². The van der Waals surface area contributed by atoms with E-state index in [9.17, 15) is 8.42 Å². The van der Waals surface area contributed by atoms with E-state index in [1.54, 1.807) is 6.07 Å². The third kappa shape index (κ3) is 2.38. The monoisotopic (exact) mass is 249 g/mol. The molecule has 0 aliphatic carbocycles. The highest BCUT2D eigenvalue weighted by Gasteiger charge is 2.17. The topological polar surface area (TPSA) is 57.9 Å². The van der Waals surface area contributed by atoms with Crippen LogP contribution in [0.5, 0.6) is 0 Å². The van der Waals surface area contributed by atoms with Crippen molar-refractivity contribution in [3.8, 4) is 6.07 Å². The number of benzene rings is 1. The molecule has 1 aromatic carbocycles. The van der Waals surface area contributed by atoms with Gasteiger partial charge in [-0.3, -0.25) is 0 Å². The predicted molar refractivity (Wildman–Crippen MR) is 54.1 cm³/mol. The van der Waals surface area contributed by atoms with Gasteiger partial charge in [0, 0.05) is 5.02 Å². The summed E-state index contributed by atoms with van der Waals surface area (Å²) in [5.41, 5.74) is 0. The first kappa shape index (κ1) is 11.3. The molecule has 74 valence electrons. The van der Waals surface area contributed by atoms with Gasteiger partial charge in [0.2, 0.25) is 0 Å². The predicted octanol–water partition coefficient (Wildman–Crippen LogP) is 2.29. The second kappa shape index (κ2) is 4.18. The summed E-state index contributed by atoms with van der Waals surface area (Å²) in [5, 5.41) is 8.70. The van der Waals surface area contributed by atoms with Crippen molar-refractivity contribution in [1.82, 2.24) is 0 Å². The van der Waals surface area contributed by atoms with Gasteiger partial charge in [-0.25, -0.2) is 8.42 Å². The first-order valence-corrected chi connectivity index (χ1v) is 5.93. The van der Waals surface area contributed by atoms with Crippen LogP contribution in [0.15, 0.2) is 23.1 Å². The summed E-state index contributed by atoms with van der Waals surface area (Å²) < 4.78 is 22.8. The minimum atomic E-state index is -3.61. The average molecular weight is 250 g/mol. The van der Waals surface area contributed by atoms with Crippen molar-refractivity contribution < 1.29 is 8.42 Å². The zero-order valence-electron chi connectivity index (χ0n) is 6.87. The Morgan fingerprint density at radius 1 is 1.36 bits per heavy atom. The van der Waals surface area contributed by atoms with Crippen LogP contribution in [0, 0.1) is 11.3 Å². The van der Waals surface area contributed by atoms with Crippen molar-refractivity contribution in [2.24, 2.45) is 0 Å². The fraction of sp³-hybridized carbons (Fsp3) is 0.125. The number of hydrogen-bond donors (Lipinski definition) is 0. The lowest BCUT2D eigenvalue weighted by molar-refractivity contribution is 0.599. The van der Waals surface area contributed by atoms with Gasteiger partial charge in [-0.05, 0) is 18.2 Å². The van der Waals surface area contributed by atoms with Crippen molar-refractivity contribution in [3.63, 3.8) is 0 Å². The molecule has 0 spiro atoms. The summed E-state index contributed by atoms with van der Waals surface area (Å²) in [7, 11) is -3.61. The van der Waals surface area contributed by atoms with Crippen LogP contribution in [0.1, 0.15) is 0 Å². The molecule has 0 heterocycles. The Kier molecular flexibility index (Phi) is 3.38. The van der Waals surface area contributed by atoms with Crippen molar-refractivity contribution in [2.45, 2.75) is 4.90 Å². The molecule has 14 heavy (non-hydrogen) atoms. The van der Waals surface area contributed by atoms with Crippen molar-refractivity contribution in [1.29, 1.82) is 5.26 Å². The molecule has 0 N–H and O–H groups in total. The van der Waals surface area contributed by atoms with Crippen LogP contribution in [0.25, 0.3) is 0 Å². The molecule has 3 nitrogen and oxygen atoms in total. The maximum Gasteiger partial charge on any atom is 0.193 e. The van der Waals surface area contributed by atoms with Gasteiger partial charge in [0.25, 0.3) is 0 Å². The minimum Gasteiger partial charge on any atom is -0.223 e. The van der Waals surface area contributed by atoms with Gasteiger partial charge in [0.1, 0.15) is 5.75 Å².